The van der Waals surface area contributed by atoms with Gasteiger partial charge in [-0.05, 0) is 31.2 Å². The summed E-state index contributed by atoms with van der Waals surface area (Å²) in [5, 5.41) is 16.0. The second-order valence-corrected chi connectivity index (χ2v) is 5.09. The fourth-order valence-corrected chi connectivity index (χ4v) is 1.91. The Balaban J connectivity index is 2.11. The second-order valence-electron chi connectivity index (χ2n) is 4.28. The van der Waals surface area contributed by atoms with E-state index in [9.17, 15) is 9.59 Å². The van der Waals surface area contributed by atoms with Crippen molar-refractivity contribution in [2.24, 2.45) is 0 Å². The molecule has 1 heterocycles. The van der Waals surface area contributed by atoms with Gasteiger partial charge in [0.05, 0.1) is 10.0 Å². The lowest BCUT2D eigenvalue weighted by atomic mass is 10.2. The minimum atomic E-state index is -1.15. The zero-order valence-corrected chi connectivity index (χ0v) is 12.4. The number of amides is 1. The highest BCUT2D eigenvalue weighted by molar-refractivity contribution is 6.42. The topological polar surface area (TPSA) is 84.2 Å². The van der Waals surface area contributed by atoms with Crippen LogP contribution >= 0.6 is 23.2 Å². The number of carboxylic acid groups (broad SMARTS) is 1. The van der Waals surface area contributed by atoms with Crippen molar-refractivity contribution < 1.29 is 14.7 Å². The van der Waals surface area contributed by atoms with Crippen LogP contribution in [0.3, 0.4) is 0 Å². The van der Waals surface area contributed by atoms with Crippen molar-refractivity contribution >= 4 is 40.8 Å². The first-order valence-corrected chi connectivity index (χ1v) is 6.68. The highest BCUT2D eigenvalue weighted by Crippen LogP contribution is 2.25. The quantitative estimate of drug-likeness (QED) is 0.903. The van der Waals surface area contributed by atoms with Crippen molar-refractivity contribution in [2.45, 2.75) is 13.0 Å². The molecule has 2 aromatic rings. The molecule has 0 radical (unpaired) electrons. The van der Waals surface area contributed by atoms with Crippen molar-refractivity contribution in [1.82, 2.24) is 9.78 Å². The average molecular weight is 328 g/mol. The van der Waals surface area contributed by atoms with Gasteiger partial charge in [-0.3, -0.25) is 9.48 Å². The molecule has 0 aliphatic rings. The van der Waals surface area contributed by atoms with Gasteiger partial charge in [0, 0.05) is 11.9 Å². The summed E-state index contributed by atoms with van der Waals surface area (Å²) >= 11 is 11.7. The monoisotopic (exact) mass is 327 g/mol. The normalized spacial score (nSPS) is 12.0. The average Bonchev–Trinajstić information content (AvgIpc) is 2.92. The van der Waals surface area contributed by atoms with Gasteiger partial charge in [-0.1, -0.05) is 23.2 Å². The van der Waals surface area contributed by atoms with Crippen molar-refractivity contribution in [2.75, 3.05) is 5.32 Å². The van der Waals surface area contributed by atoms with Crippen LogP contribution in [0.15, 0.2) is 30.5 Å². The molecule has 1 aromatic carbocycles. The number of hydrogen-bond acceptors (Lipinski definition) is 3. The molecule has 6 nitrogen and oxygen atoms in total. The number of nitrogens with zero attached hydrogens (tertiary/aromatic N) is 2. The first-order valence-electron chi connectivity index (χ1n) is 5.93. The number of carbonyl (C=O) groups excluding carboxylic acids is 1. The molecule has 21 heavy (non-hydrogen) atoms. The largest absolute Gasteiger partial charge is 0.476 e. The van der Waals surface area contributed by atoms with E-state index in [1.807, 2.05) is 0 Å². The molecule has 1 amide bonds. The SMILES string of the molecule is C[C@H](C(=O)Nc1ccc(Cl)c(Cl)c1)n1ccc(C(=O)O)n1. The summed E-state index contributed by atoms with van der Waals surface area (Å²) in [6, 6.07) is 5.36. The third-order valence-corrected chi connectivity index (χ3v) is 3.53. The standard InChI is InChI=1S/C13H11Cl2N3O3/c1-7(18-5-4-11(17-18)13(20)21)12(19)16-8-2-3-9(14)10(15)6-8/h2-7H,1H3,(H,16,19)(H,20,21)/t7-/m1/s1. The van der Waals surface area contributed by atoms with E-state index < -0.39 is 12.0 Å². The van der Waals surface area contributed by atoms with Gasteiger partial charge in [-0.15, -0.1) is 0 Å². The van der Waals surface area contributed by atoms with Crippen LogP contribution in [0, 0.1) is 0 Å². The second kappa shape index (κ2) is 6.15. The molecule has 0 aliphatic heterocycles. The van der Waals surface area contributed by atoms with Crippen molar-refractivity contribution in [1.29, 1.82) is 0 Å². The lowest BCUT2D eigenvalue weighted by molar-refractivity contribution is -0.119. The smallest absolute Gasteiger partial charge is 0.356 e. The summed E-state index contributed by atoms with van der Waals surface area (Å²) in [6.45, 7) is 1.60. The molecule has 2 N–H and O–H groups in total. The van der Waals surface area contributed by atoms with E-state index in [1.54, 1.807) is 19.1 Å². The molecule has 1 atom stereocenters. The predicted molar refractivity (Wildman–Crippen MR) is 79.0 cm³/mol. The number of halogens is 2. The predicted octanol–water partition coefficient (Wildman–Crippen LogP) is 3.09. The number of carbonyl (C=O) groups is 2. The molecule has 2 rings (SSSR count). The first-order chi connectivity index (χ1) is 9.88. The Labute approximate surface area is 130 Å². The van der Waals surface area contributed by atoms with Crippen LogP contribution in [-0.4, -0.2) is 26.8 Å². The summed E-state index contributed by atoms with van der Waals surface area (Å²) in [5.41, 5.74) is 0.371. The Morgan fingerprint density at radius 2 is 2.00 bits per heavy atom. The van der Waals surface area contributed by atoms with Gasteiger partial charge in [-0.2, -0.15) is 5.10 Å². The molecule has 0 bridgehead atoms. The van der Waals surface area contributed by atoms with Gasteiger partial charge in [0.15, 0.2) is 5.69 Å². The van der Waals surface area contributed by atoms with Crippen LogP contribution in [-0.2, 0) is 4.79 Å². The molecule has 0 spiro atoms. The molecule has 110 valence electrons. The summed E-state index contributed by atoms with van der Waals surface area (Å²) in [7, 11) is 0. The van der Waals surface area contributed by atoms with E-state index >= 15 is 0 Å². The molecular weight excluding hydrogens is 317 g/mol. The van der Waals surface area contributed by atoms with Gasteiger partial charge in [0.2, 0.25) is 5.91 Å². The van der Waals surface area contributed by atoms with E-state index in [0.717, 1.165) is 0 Å². The number of hydrogen-bond donors (Lipinski definition) is 2. The fourth-order valence-electron chi connectivity index (χ4n) is 1.61. The fraction of sp³-hybridized carbons (Fsp3) is 0.154. The summed E-state index contributed by atoms with van der Waals surface area (Å²) < 4.78 is 1.27. The van der Waals surface area contributed by atoms with Crippen molar-refractivity contribution in [3.8, 4) is 0 Å². The van der Waals surface area contributed by atoms with E-state index in [1.165, 1.54) is 23.0 Å². The molecule has 0 saturated carbocycles. The van der Waals surface area contributed by atoms with Gasteiger partial charge >= 0.3 is 5.97 Å². The molecule has 0 unspecified atom stereocenters. The summed E-state index contributed by atoms with van der Waals surface area (Å²) in [5.74, 6) is -1.50. The molecule has 1 aromatic heterocycles. The van der Waals surface area contributed by atoms with Crippen LogP contribution in [0.25, 0.3) is 0 Å². The van der Waals surface area contributed by atoms with Crippen LogP contribution in [0.1, 0.15) is 23.5 Å². The number of rotatable bonds is 4. The van der Waals surface area contributed by atoms with Gasteiger partial charge < -0.3 is 10.4 Å². The number of benzene rings is 1. The van der Waals surface area contributed by atoms with E-state index in [2.05, 4.69) is 10.4 Å². The Morgan fingerprint density at radius 1 is 1.29 bits per heavy atom. The first kappa shape index (κ1) is 15.3. The van der Waals surface area contributed by atoms with Gasteiger partial charge in [0.25, 0.3) is 0 Å². The molecular formula is C13H11Cl2N3O3. The van der Waals surface area contributed by atoms with E-state index in [-0.39, 0.29) is 11.6 Å². The molecule has 0 fully saturated rings. The zero-order valence-electron chi connectivity index (χ0n) is 10.9. The maximum atomic E-state index is 12.1. The third kappa shape index (κ3) is 3.53. The lowest BCUT2D eigenvalue weighted by Crippen LogP contribution is -2.24. The van der Waals surface area contributed by atoms with Crippen molar-refractivity contribution in [3.05, 3.63) is 46.2 Å². The van der Waals surface area contributed by atoms with Crippen LogP contribution < -0.4 is 5.32 Å². The highest BCUT2D eigenvalue weighted by atomic mass is 35.5. The van der Waals surface area contributed by atoms with Gasteiger partial charge in [0.1, 0.15) is 6.04 Å². The minimum absolute atomic E-state index is 0.121. The maximum Gasteiger partial charge on any atom is 0.356 e. The van der Waals surface area contributed by atoms with Crippen LogP contribution in [0.5, 0.6) is 0 Å². The Bertz CT molecular complexity index is 700. The third-order valence-electron chi connectivity index (χ3n) is 2.79. The molecule has 8 heteroatoms. The summed E-state index contributed by atoms with van der Waals surface area (Å²) in [6.07, 6.45) is 1.43. The number of aromatic nitrogens is 2. The number of anilines is 1. The van der Waals surface area contributed by atoms with E-state index in [0.29, 0.717) is 15.7 Å². The number of carboxylic acids is 1. The molecule has 0 saturated heterocycles. The molecule has 0 aliphatic carbocycles. The highest BCUT2D eigenvalue weighted by Gasteiger charge is 2.18. The zero-order chi connectivity index (χ0) is 15.6. The van der Waals surface area contributed by atoms with Gasteiger partial charge in [-0.25, -0.2) is 4.79 Å². The lowest BCUT2D eigenvalue weighted by Gasteiger charge is -2.13. The van der Waals surface area contributed by atoms with Crippen molar-refractivity contribution in [3.63, 3.8) is 0 Å². The minimum Gasteiger partial charge on any atom is -0.476 e. The Morgan fingerprint density at radius 3 is 2.57 bits per heavy atom. The Kier molecular flexibility index (Phi) is 4.50. The van der Waals surface area contributed by atoms with E-state index in [4.69, 9.17) is 28.3 Å². The van der Waals surface area contributed by atoms with Crippen LogP contribution in [0.4, 0.5) is 5.69 Å². The maximum absolute atomic E-state index is 12.1. The number of nitrogens with one attached hydrogen (secondary N) is 1. The number of aromatic carboxylic acids is 1. The Hall–Kier alpha value is -2.05. The van der Waals surface area contributed by atoms with Crippen LogP contribution in [0.2, 0.25) is 10.0 Å². The summed E-state index contributed by atoms with van der Waals surface area (Å²) in [4.78, 5) is 22.9.